The summed E-state index contributed by atoms with van der Waals surface area (Å²) in [4.78, 5) is 0. The Hall–Kier alpha value is -1.00. The van der Waals surface area contributed by atoms with Gasteiger partial charge in [0.2, 0.25) is 8.32 Å². The maximum Gasteiger partial charge on any atom is 0.250 e. The van der Waals surface area contributed by atoms with Crippen LogP contribution in [0.5, 0.6) is 11.5 Å². The van der Waals surface area contributed by atoms with Crippen molar-refractivity contribution in [2.75, 3.05) is 6.61 Å². The van der Waals surface area contributed by atoms with Crippen LogP contribution in [0.25, 0.3) is 0 Å². The molecule has 1 aliphatic rings. The molecule has 22 heavy (non-hydrogen) atoms. The molecule has 0 radical (unpaired) electrons. The fraction of sp³-hybridized carbons (Fsp3) is 0.667. The third kappa shape index (κ3) is 3.33. The van der Waals surface area contributed by atoms with Crippen molar-refractivity contribution < 1.29 is 14.3 Å². The number of hydrogen-bond acceptors (Lipinski definition) is 3. The molecule has 1 aromatic rings. The second-order valence-electron chi connectivity index (χ2n) is 8.30. The Morgan fingerprint density at radius 2 is 1.95 bits per heavy atom. The zero-order valence-electron chi connectivity index (χ0n) is 15.0. The molecule has 0 fully saturated rings. The molecular formula is C18H30O3Si. The van der Waals surface area contributed by atoms with E-state index in [-0.39, 0.29) is 11.6 Å². The third-order valence-electron chi connectivity index (χ3n) is 5.11. The number of aryl methyl sites for hydroxylation is 2. The van der Waals surface area contributed by atoms with E-state index in [9.17, 15) is 5.11 Å². The zero-order valence-corrected chi connectivity index (χ0v) is 16.0. The van der Waals surface area contributed by atoms with E-state index >= 15 is 0 Å². The van der Waals surface area contributed by atoms with E-state index in [2.05, 4.69) is 52.9 Å². The van der Waals surface area contributed by atoms with E-state index in [0.29, 0.717) is 0 Å². The Morgan fingerprint density at radius 1 is 1.32 bits per heavy atom. The van der Waals surface area contributed by atoms with Crippen molar-refractivity contribution in [2.24, 2.45) is 0 Å². The summed E-state index contributed by atoms with van der Waals surface area (Å²) < 4.78 is 12.5. The SMILES string of the molecule is Cc1cc(O[Si](C)(C)C(C)(C)C)cc2c1OC(C)(CO)CC2. The van der Waals surface area contributed by atoms with Gasteiger partial charge in [0.25, 0.3) is 0 Å². The largest absolute Gasteiger partial charge is 0.543 e. The minimum absolute atomic E-state index is 0.0497. The van der Waals surface area contributed by atoms with E-state index < -0.39 is 13.9 Å². The molecule has 0 saturated carbocycles. The van der Waals surface area contributed by atoms with Gasteiger partial charge in [-0.05, 0) is 68.1 Å². The molecule has 1 atom stereocenters. The molecule has 0 spiro atoms. The monoisotopic (exact) mass is 322 g/mol. The molecule has 4 heteroatoms. The summed E-state index contributed by atoms with van der Waals surface area (Å²) in [7, 11) is -1.83. The molecule has 0 amide bonds. The fourth-order valence-corrected chi connectivity index (χ4v) is 3.47. The van der Waals surface area contributed by atoms with Crippen molar-refractivity contribution in [1.82, 2.24) is 0 Å². The molecule has 1 unspecified atom stereocenters. The maximum atomic E-state index is 9.52. The first-order valence-electron chi connectivity index (χ1n) is 8.10. The lowest BCUT2D eigenvalue weighted by Gasteiger charge is -2.38. The summed E-state index contributed by atoms with van der Waals surface area (Å²) in [5, 5.41) is 9.70. The number of aliphatic hydroxyl groups is 1. The zero-order chi connectivity index (χ0) is 16.8. The van der Waals surface area contributed by atoms with Crippen LogP contribution >= 0.6 is 0 Å². The van der Waals surface area contributed by atoms with Gasteiger partial charge in [-0.2, -0.15) is 0 Å². The Morgan fingerprint density at radius 3 is 2.50 bits per heavy atom. The van der Waals surface area contributed by atoms with Gasteiger partial charge < -0.3 is 14.3 Å². The summed E-state index contributed by atoms with van der Waals surface area (Å²) in [5.74, 6) is 1.88. The molecule has 1 aliphatic heterocycles. The molecule has 0 aliphatic carbocycles. The predicted molar refractivity (Wildman–Crippen MR) is 93.4 cm³/mol. The summed E-state index contributed by atoms with van der Waals surface area (Å²) in [5.41, 5.74) is 1.82. The number of fused-ring (bicyclic) bond motifs is 1. The minimum Gasteiger partial charge on any atom is -0.543 e. The van der Waals surface area contributed by atoms with E-state index in [4.69, 9.17) is 9.16 Å². The van der Waals surface area contributed by atoms with Crippen LogP contribution in [0.15, 0.2) is 12.1 Å². The van der Waals surface area contributed by atoms with Crippen LogP contribution in [0, 0.1) is 6.92 Å². The van der Waals surface area contributed by atoms with Crippen molar-refractivity contribution in [1.29, 1.82) is 0 Å². The minimum atomic E-state index is -1.83. The second-order valence-corrected chi connectivity index (χ2v) is 13.0. The molecule has 124 valence electrons. The molecule has 2 rings (SSSR count). The van der Waals surface area contributed by atoms with Crippen LogP contribution in [-0.2, 0) is 6.42 Å². The lowest BCUT2D eigenvalue weighted by molar-refractivity contribution is 0.00744. The lowest BCUT2D eigenvalue weighted by atomic mass is 9.92. The second kappa shape index (κ2) is 5.57. The molecule has 1 aromatic carbocycles. The first-order chi connectivity index (χ1) is 9.97. The van der Waals surface area contributed by atoms with Gasteiger partial charge >= 0.3 is 0 Å². The quantitative estimate of drug-likeness (QED) is 0.835. The van der Waals surface area contributed by atoms with Crippen molar-refractivity contribution in [3.8, 4) is 11.5 Å². The molecule has 1 N–H and O–H groups in total. The molecular weight excluding hydrogens is 292 g/mol. The highest BCUT2D eigenvalue weighted by molar-refractivity contribution is 6.74. The number of ether oxygens (including phenoxy) is 1. The maximum absolute atomic E-state index is 9.52. The Labute approximate surface area is 135 Å². The van der Waals surface area contributed by atoms with Crippen LogP contribution in [0.2, 0.25) is 18.1 Å². The van der Waals surface area contributed by atoms with Gasteiger partial charge in [-0.3, -0.25) is 0 Å². The molecule has 3 nitrogen and oxygen atoms in total. The lowest BCUT2D eigenvalue weighted by Crippen LogP contribution is -2.44. The van der Waals surface area contributed by atoms with Crippen molar-refractivity contribution in [3.05, 3.63) is 23.3 Å². The molecule has 0 aromatic heterocycles. The highest BCUT2D eigenvalue weighted by atomic mass is 28.4. The van der Waals surface area contributed by atoms with Gasteiger partial charge in [-0.15, -0.1) is 0 Å². The summed E-state index contributed by atoms with van der Waals surface area (Å²) >= 11 is 0. The van der Waals surface area contributed by atoms with Gasteiger partial charge in [0.1, 0.15) is 17.1 Å². The fourth-order valence-electron chi connectivity index (χ4n) is 2.46. The average Bonchev–Trinajstić information content (AvgIpc) is 2.38. The van der Waals surface area contributed by atoms with E-state index in [1.807, 2.05) is 6.92 Å². The number of benzene rings is 1. The standard InChI is InChI=1S/C18H30O3Si/c1-13-10-15(21-22(6,7)17(2,3)4)11-14-8-9-18(5,12-19)20-16(13)14/h10-11,19H,8-9,12H2,1-7H3. The van der Waals surface area contributed by atoms with E-state index in [0.717, 1.165) is 29.9 Å². The molecule has 0 saturated heterocycles. The normalized spacial score (nSPS) is 22.0. The van der Waals surface area contributed by atoms with Crippen molar-refractivity contribution >= 4 is 8.32 Å². The van der Waals surface area contributed by atoms with Crippen LogP contribution in [0.3, 0.4) is 0 Å². The molecule has 0 bridgehead atoms. The van der Waals surface area contributed by atoms with E-state index in [1.165, 1.54) is 5.56 Å². The highest BCUT2D eigenvalue weighted by Gasteiger charge is 2.39. The summed E-state index contributed by atoms with van der Waals surface area (Å²) in [6.07, 6.45) is 1.75. The Bertz CT molecular complexity index is 560. The van der Waals surface area contributed by atoms with Crippen molar-refractivity contribution in [3.63, 3.8) is 0 Å². The first-order valence-corrected chi connectivity index (χ1v) is 11.0. The van der Waals surface area contributed by atoms with Gasteiger partial charge in [0.15, 0.2) is 0 Å². The smallest absolute Gasteiger partial charge is 0.250 e. The first kappa shape index (κ1) is 17.4. The Balaban J connectivity index is 2.31. The van der Waals surface area contributed by atoms with Crippen molar-refractivity contribution in [2.45, 2.75) is 71.2 Å². The number of rotatable bonds is 3. The van der Waals surface area contributed by atoms with Crippen LogP contribution in [0.1, 0.15) is 45.2 Å². The summed E-state index contributed by atoms with van der Waals surface area (Å²) in [6.45, 7) is 15.4. The number of aliphatic hydroxyl groups excluding tert-OH is 1. The van der Waals surface area contributed by atoms with E-state index in [1.54, 1.807) is 0 Å². The number of hydrogen-bond donors (Lipinski definition) is 1. The highest BCUT2D eigenvalue weighted by Crippen LogP contribution is 2.41. The molecule has 1 heterocycles. The van der Waals surface area contributed by atoms with Gasteiger partial charge in [-0.25, -0.2) is 0 Å². The van der Waals surface area contributed by atoms with Gasteiger partial charge in [-0.1, -0.05) is 20.8 Å². The topological polar surface area (TPSA) is 38.7 Å². The predicted octanol–water partition coefficient (Wildman–Crippen LogP) is 4.46. The van der Waals surface area contributed by atoms with Gasteiger partial charge in [0.05, 0.1) is 6.61 Å². The van der Waals surface area contributed by atoms with Crippen LogP contribution < -0.4 is 9.16 Å². The Kier molecular flexibility index (Phi) is 4.39. The van der Waals surface area contributed by atoms with Crippen LogP contribution in [-0.4, -0.2) is 25.6 Å². The summed E-state index contributed by atoms with van der Waals surface area (Å²) in [6, 6.07) is 4.20. The van der Waals surface area contributed by atoms with Crippen LogP contribution in [0.4, 0.5) is 0 Å². The van der Waals surface area contributed by atoms with Gasteiger partial charge in [0, 0.05) is 0 Å². The third-order valence-corrected chi connectivity index (χ3v) is 9.47. The average molecular weight is 323 g/mol.